The fourth-order valence-electron chi connectivity index (χ4n) is 2.99. The van der Waals surface area contributed by atoms with Gasteiger partial charge in [-0.15, -0.1) is 0 Å². The van der Waals surface area contributed by atoms with Gasteiger partial charge in [0.2, 0.25) is 0 Å². The predicted octanol–water partition coefficient (Wildman–Crippen LogP) is 4.36. The number of benzene rings is 3. The molecule has 0 heterocycles. The summed E-state index contributed by atoms with van der Waals surface area (Å²) in [5, 5.41) is 2.42. The van der Waals surface area contributed by atoms with Gasteiger partial charge < -0.3 is 15.2 Å². The highest BCUT2D eigenvalue weighted by Gasteiger charge is 2.08. The Hall–Kier alpha value is -2.52. The molecule has 0 aromatic heterocycles. The molecule has 0 amide bonds. The van der Waals surface area contributed by atoms with Crippen molar-refractivity contribution in [3.8, 4) is 11.5 Å². The molecule has 3 aromatic rings. The van der Waals surface area contributed by atoms with Crippen LogP contribution in [0.2, 0.25) is 0 Å². The number of hydrogen-bond acceptors (Lipinski definition) is 3. The van der Waals surface area contributed by atoms with Crippen LogP contribution in [0.4, 0.5) is 0 Å². The van der Waals surface area contributed by atoms with Crippen molar-refractivity contribution in [2.45, 2.75) is 19.8 Å². The molecule has 0 aliphatic carbocycles. The number of aryl methyl sites for hydroxylation is 1. The zero-order valence-electron chi connectivity index (χ0n) is 14.7. The Bertz CT molecular complexity index is 812. The van der Waals surface area contributed by atoms with E-state index in [1.807, 2.05) is 24.3 Å². The van der Waals surface area contributed by atoms with Gasteiger partial charge in [0.1, 0.15) is 24.7 Å². The van der Waals surface area contributed by atoms with Crippen molar-refractivity contribution in [1.29, 1.82) is 0 Å². The Morgan fingerprint density at radius 1 is 0.840 bits per heavy atom. The third-order valence-corrected chi connectivity index (χ3v) is 4.33. The smallest absolute Gasteiger partial charge is 0.123 e. The molecule has 0 aliphatic heterocycles. The van der Waals surface area contributed by atoms with Gasteiger partial charge in [-0.3, -0.25) is 0 Å². The second-order valence-corrected chi connectivity index (χ2v) is 6.00. The number of fused-ring (bicyclic) bond motifs is 1. The predicted molar refractivity (Wildman–Crippen MR) is 104 cm³/mol. The van der Waals surface area contributed by atoms with Crippen LogP contribution in [0.1, 0.15) is 18.1 Å². The van der Waals surface area contributed by atoms with Gasteiger partial charge in [-0.2, -0.15) is 0 Å². The normalized spacial score (nSPS) is 10.8. The van der Waals surface area contributed by atoms with E-state index in [-0.39, 0.29) is 0 Å². The summed E-state index contributed by atoms with van der Waals surface area (Å²) in [4.78, 5) is 0. The highest BCUT2D eigenvalue weighted by molar-refractivity contribution is 5.87. The number of nitrogens with two attached hydrogens (primary N) is 1. The van der Waals surface area contributed by atoms with Crippen molar-refractivity contribution in [1.82, 2.24) is 0 Å². The fraction of sp³-hybridized carbons (Fsp3) is 0.273. The maximum atomic E-state index is 5.98. The van der Waals surface area contributed by atoms with Crippen LogP contribution < -0.4 is 15.2 Å². The molecule has 130 valence electrons. The second-order valence-electron chi connectivity index (χ2n) is 6.00. The van der Waals surface area contributed by atoms with Gasteiger partial charge in [0.15, 0.2) is 0 Å². The third-order valence-electron chi connectivity index (χ3n) is 4.33. The quantitative estimate of drug-likeness (QED) is 0.622. The molecule has 0 radical (unpaired) electrons. The molecule has 3 rings (SSSR count). The summed E-state index contributed by atoms with van der Waals surface area (Å²) in [6.07, 6.45) is 1.84. The third kappa shape index (κ3) is 4.31. The SMILES string of the molecule is CCc1ccc(OCCOc2ccc3ccccc3c2CCN)cc1. The van der Waals surface area contributed by atoms with E-state index in [2.05, 4.69) is 43.3 Å². The molecule has 0 saturated carbocycles. The molecule has 3 aromatic carbocycles. The largest absolute Gasteiger partial charge is 0.490 e. The minimum atomic E-state index is 0.505. The Labute approximate surface area is 149 Å². The molecular formula is C22H25NO2. The Kier molecular flexibility index (Phi) is 5.91. The summed E-state index contributed by atoms with van der Waals surface area (Å²) in [5.41, 5.74) is 8.28. The average molecular weight is 335 g/mol. The van der Waals surface area contributed by atoms with Crippen molar-refractivity contribution >= 4 is 10.8 Å². The first-order valence-electron chi connectivity index (χ1n) is 8.87. The van der Waals surface area contributed by atoms with Crippen molar-refractivity contribution < 1.29 is 9.47 Å². The molecule has 3 heteroatoms. The highest BCUT2D eigenvalue weighted by Crippen LogP contribution is 2.28. The van der Waals surface area contributed by atoms with E-state index in [9.17, 15) is 0 Å². The zero-order chi connectivity index (χ0) is 17.5. The molecule has 0 spiro atoms. The summed E-state index contributed by atoms with van der Waals surface area (Å²) >= 11 is 0. The van der Waals surface area contributed by atoms with Crippen LogP contribution in [0.15, 0.2) is 60.7 Å². The van der Waals surface area contributed by atoms with Crippen molar-refractivity contribution in [2.75, 3.05) is 19.8 Å². The second kappa shape index (κ2) is 8.54. The van der Waals surface area contributed by atoms with Crippen molar-refractivity contribution in [2.24, 2.45) is 5.73 Å². The van der Waals surface area contributed by atoms with Crippen molar-refractivity contribution in [3.05, 3.63) is 71.8 Å². The Morgan fingerprint density at radius 2 is 1.60 bits per heavy atom. The molecule has 0 saturated heterocycles. The van der Waals surface area contributed by atoms with E-state index in [0.717, 1.165) is 24.3 Å². The van der Waals surface area contributed by atoms with Crippen LogP contribution in [-0.4, -0.2) is 19.8 Å². The lowest BCUT2D eigenvalue weighted by Crippen LogP contribution is -2.11. The number of rotatable bonds is 8. The van der Waals surface area contributed by atoms with Crippen molar-refractivity contribution in [3.63, 3.8) is 0 Å². The highest BCUT2D eigenvalue weighted by atomic mass is 16.5. The van der Waals surface area contributed by atoms with Crippen LogP contribution in [0.25, 0.3) is 10.8 Å². The van der Waals surface area contributed by atoms with Gasteiger partial charge in [0.25, 0.3) is 0 Å². The first-order chi connectivity index (χ1) is 12.3. The summed E-state index contributed by atoms with van der Waals surface area (Å²) in [6, 6.07) is 20.7. The van der Waals surface area contributed by atoms with Gasteiger partial charge in [0, 0.05) is 5.56 Å². The topological polar surface area (TPSA) is 44.5 Å². The molecular weight excluding hydrogens is 310 g/mol. The fourth-order valence-corrected chi connectivity index (χ4v) is 2.99. The van der Waals surface area contributed by atoms with E-state index >= 15 is 0 Å². The summed E-state index contributed by atoms with van der Waals surface area (Å²) < 4.78 is 11.7. The van der Waals surface area contributed by atoms with E-state index < -0.39 is 0 Å². The average Bonchev–Trinajstić information content (AvgIpc) is 2.67. The molecule has 25 heavy (non-hydrogen) atoms. The standard InChI is InChI=1S/C22H25NO2/c1-2-17-7-10-19(11-8-17)24-15-16-25-22-12-9-18-5-3-4-6-20(18)21(22)13-14-23/h3-12H,2,13-16,23H2,1H3. The summed E-state index contributed by atoms with van der Waals surface area (Å²) in [7, 11) is 0. The van der Waals surface area contributed by atoms with Gasteiger partial charge in [-0.05, 0) is 53.9 Å². The van der Waals surface area contributed by atoms with E-state index in [1.54, 1.807) is 0 Å². The molecule has 2 N–H and O–H groups in total. The monoisotopic (exact) mass is 335 g/mol. The molecule has 0 bridgehead atoms. The summed E-state index contributed by atoms with van der Waals surface area (Å²) in [6.45, 7) is 3.77. The van der Waals surface area contributed by atoms with Crippen LogP contribution in [0.3, 0.4) is 0 Å². The lowest BCUT2D eigenvalue weighted by Gasteiger charge is -2.14. The van der Waals surface area contributed by atoms with Crippen LogP contribution in [0.5, 0.6) is 11.5 Å². The van der Waals surface area contributed by atoms with Gasteiger partial charge >= 0.3 is 0 Å². The van der Waals surface area contributed by atoms with Gasteiger partial charge in [-0.25, -0.2) is 0 Å². The number of ether oxygens (including phenoxy) is 2. The van der Waals surface area contributed by atoms with Crippen LogP contribution >= 0.6 is 0 Å². The molecule has 0 fully saturated rings. The van der Waals surface area contributed by atoms with Crippen LogP contribution in [0, 0.1) is 0 Å². The van der Waals surface area contributed by atoms with Crippen LogP contribution in [-0.2, 0) is 12.8 Å². The maximum absolute atomic E-state index is 5.98. The Balaban J connectivity index is 1.63. The van der Waals surface area contributed by atoms with E-state index in [1.165, 1.54) is 21.9 Å². The molecule has 0 unspecified atom stereocenters. The lowest BCUT2D eigenvalue weighted by atomic mass is 10.0. The minimum absolute atomic E-state index is 0.505. The molecule has 3 nitrogen and oxygen atoms in total. The van der Waals surface area contributed by atoms with Gasteiger partial charge in [-0.1, -0.05) is 49.4 Å². The van der Waals surface area contributed by atoms with E-state index in [0.29, 0.717) is 19.8 Å². The zero-order valence-corrected chi connectivity index (χ0v) is 14.7. The number of hydrogen-bond donors (Lipinski definition) is 1. The maximum Gasteiger partial charge on any atom is 0.123 e. The minimum Gasteiger partial charge on any atom is -0.490 e. The summed E-state index contributed by atoms with van der Waals surface area (Å²) in [5.74, 6) is 1.77. The van der Waals surface area contributed by atoms with E-state index in [4.69, 9.17) is 15.2 Å². The molecule has 0 atom stereocenters. The lowest BCUT2D eigenvalue weighted by molar-refractivity contribution is 0.216. The first-order valence-corrected chi connectivity index (χ1v) is 8.87. The Morgan fingerprint density at radius 3 is 2.36 bits per heavy atom. The first kappa shape index (κ1) is 17.3. The van der Waals surface area contributed by atoms with Gasteiger partial charge in [0.05, 0.1) is 0 Å². The molecule has 0 aliphatic rings.